The molecule has 1 amide bonds. The maximum atomic E-state index is 12.1. The minimum absolute atomic E-state index is 0.0422. The summed E-state index contributed by atoms with van der Waals surface area (Å²) in [6.07, 6.45) is 2.63. The second kappa shape index (κ2) is 6.59. The van der Waals surface area contributed by atoms with E-state index in [1.54, 1.807) is 18.2 Å². The van der Waals surface area contributed by atoms with Crippen molar-refractivity contribution in [3.05, 3.63) is 33.3 Å². The van der Waals surface area contributed by atoms with Gasteiger partial charge >= 0.3 is 5.97 Å². The van der Waals surface area contributed by atoms with E-state index >= 15 is 0 Å². The molecule has 2 N–H and O–H groups in total. The summed E-state index contributed by atoms with van der Waals surface area (Å²) in [7, 11) is 0. The summed E-state index contributed by atoms with van der Waals surface area (Å²) >= 11 is 9.24. The maximum Gasteiger partial charge on any atom is 0.306 e. The lowest BCUT2D eigenvalue weighted by atomic mass is 9.86. The van der Waals surface area contributed by atoms with Gasteiger partial charge in [-0.3, -0.25) is 9.59 Å². The van der Waals surface area contributed by atoms with Crippen LogP contribution < -0.4 is 5.32 Å². The van der Waals surface area contributed by atoms with Crippen molar-refractivity contribution in [3.8, 4) is 0 Å². The first-order valence-corrected chi connectivity index (χ1v) is 7.63. The Labute approximate surface area is 130 Å². The molecular weight excluding hydrogens is 346 g/mol. The number of carbonyl (C=O) groups is 2. The second-order valence-corrected chi connectivity index (χ2v) is 6.25. The minimum atomic E-state index is -0.741. The standard InChI is InChI=1S/C14H15BrClNO3/c15-11-6-3-9(7-12(11)16)13(18)17-10-4-1-8(2-5-10)14(19)20/h3,6-8,10H,1-2,4-5H2,(H,17,18)(H,19,20). The molecule has 2 rings (SSSR count). The molecule has 1 saturated carbocycles. The predicted octanol–water partition coefficient (Wildman–Crippen LogP) is 3.48. The fraction of sp³-hybridized carbons (Fsp3) is 0.429. The van der Waals surface area contributed by atoms with Gasteiger partial charge < -0.3 is 10.4 Å². The molecule has 1 aromatic rings. The highest BCUT2D eigenvalue weighted by Gasteiger charge is 2.26. The molecule has 0 saturated heterocycles. The van der Waals surface area contributed by atoms with Crippen LogP contribution in [0.4, 0.5) is 0 Å². The van der Waals surface area contributed by atoms with Gasteiger partial charge in [-0.2, -0.15) is 0 Å². The monoisotopic (exact) mass is 359 g/mol. The first kappa shape index (κ1) is 15.3. The molecule has 0 aliphatic heterocycles. The Morgan fingerprint density at radius 3 is 2.45 bits per heavy atom. The molecule has 20 heavy (non-hydrogen) atoms. The van der Waals surface area contributed by atoms with Gasteiger partial charge in [0.05, 0.1) is 10.9 Å². The third-order valence-corrected chi connectivity index (χ3v) is 4.83. The normalized spacial score (nSPS) is 22.3. The molecule has 1 aliphatic rings. The van der Waals surface area contributed by atoms with E-state index < -0.39 is 5.97 Å². The van der Waals surface area contributed by atoms with Gasteiger partial charge in [0.15, 0.2) is 0 Å². The number of rotatable bonds is 3. The van der Waals surface area contributed by atoms with Crippen molar-refractivity contribution in [2.24, 2.45) is 5.92 Å². The summed E-state index contributed by atoms with van der Waals surface area (Å²) < 4.78 is 0.748. The molecule has 1 aromatic carbocycles. The zero-order valence-electron chi connectivity index (χ0n) is 10.7. The summed E-state index contributed by atoms with van der Waals surface area (Å²) in [5, 5.41) is 12.4. The molecule has 108 valence electrons. The lowest BCUT2D eigenvalue weighted by Gasteiger charge is -2.26. The number of hydrogen-bond donors (Lipinski definition) is 2. The molecular formula is C14H15BrClNO3. The molecule has 0 aromatic heterocycles. The molecule has 1 fully saturated rings. The van der Waals surface area contributed by atoms with E-state index in [0.717, 1.165) is 4.47 Å². The van der Waals surface area contributed by atoms with Crippen LogP contribution in [0.3, 0.4) is 0 Å². The van der Waals surface area contributed by atoms with E-state index in [1.807, 2.05) is 0 Å². The average molecular weight is 361 g/mol. The van der Waals surface area contributed by atoms with Crippen LogP contribution in [-0.4, -0.2) is 23.0 Å². The smallest absolute Gasteiger partial charge is 0.306 e. The van der Waals surface area contributed by atoms with E-state index in [1.165, 1.54) is 0 Å². The lowest BCUT2D eigenvalue weighted by Crippen LogP contribution is -2.38. The van der Waals surface area contributed by atoms with Gasteiger partial charge in [-0.1, -0.05) is 11.6 Å². The van der Waals surface area contributed by atoms with E-state index in [-0.39, 0.29) is 17.9 Å². The Morgan fingerprint density at radius 1 is 1.25 bits per heavy atom. The molecule has 0 unspecified atom stereocenters. The topological polar surface area (TPSA) is 66.4 Å². The Kier molecular flexibility index (Phi) is 5.05. The molecule has 0 atom stereocenters. The largest absolute Gasteiger partial charge is 0.481 e. The molecule has 0 heterocycles. The Balaban J connectivity index is 1.92. The van der Waals surface area contributed by atoms with E-state index in [9.17, 15) is 9.59 Å². The summed E-state index contributed by atoms with van der Waals surface area (Å²) in [5.41, 5.74) is 0.513. The molecule has 4 nitrogen and oxygen atoms in total. The summed E-state index contributed by atoms with van der Waals surface area (Å²) in [6, 6.07) is 5.09. The van der Waals surface area contributed by atoms with Crippen LogP contribution in [0.2, 0.25) is 5.02 Å². The van der Waals surface area contributed by atoms with Gasteiger partial charge in [-0.15, -0.1) is 0 Å². The van der Waals surface area contributed by atoms with Gasteiger partial charge in [0, 0.05) is 16.1 Å². The third kappa shape index (κ3) is 3.73. The van der Waals surface area contributed by atoms with Gasteiger partial charge in [-0.05, 0) is 59.8 Å². The zero-order chi connectivity index (χ0) is 14.7. The van der Waals surface area contributed by atoms with Crippen LogP contribution in [0, 0.1) is 5.92 Å². The number of carboxylic acids is 1. The van der Waals surface area contributed by atoms with Crippen molar-refractivity contribution in [2.75, 3.05) is 0 Å². The molecule has 0 spiro atoms. The molecule has 0 bridgehead atoms. The van der Waals surface area contributed by atoms with Gasteiger partial charge in [0.2, 0.25) is 0 Å². The van der Waals surface area contributed by atoms with E-state index in [4.69, 9.17) is 16.7 Å². The Hall–Kier alpha value is -1.07. The van der Waals surface area contributed by atoms with E-state index in [0.29, 0.717) is 36.3 Å². The first-order valence-electron chi connectivity index (χ1n) is 6.46. The number of carboxylic acid groups (broad SMARTS) is 1. The van der Waals surface area contributed by atoms with Crippen molar-refractivity contribution in [1.82, 2.24) is 5.32 Å². The summed E-state index contributed by atoms with van der Waals surface area (Å²) in [5.74, 6) is -1.18. The zero-order valence-corrected chi connectivity index (χ0v) is 13.1. The number of halogens is 2. The highest BCUT2D eigenvalue weighted by atomic mass is 79.9. The van der Waals surface area contributed by atoms with Crippen molar-refractivity contribution >= 4 is 39.4 Å². The Morgan fingerprint density at radius 2 is 1.90 bits per heavy atom. The van der Waals surface area contributed by atoms with Gasteiger partial charge in [-0.25, -0.2) is 0 Å². The quantitative estimate of drug-likeness (QED) is 0.867. The fourth-order valence-corrected chi connectivity index (χ4v) is 2.82. The number of benzene rings is 1. The number of nitrogens with one attached hydrogen (secondary N) is 1. The third-order valence-electron chi connectivity index (χ3n) is 3.59. The Bertz CT molecular complexity index is 527. The highest BCUT2D eigenvalue weighted by Crippen LogP contribution is 2.26. The van der Waals surface area contributed by atoms with E-state index in [2.05, 4.69) is 21.2 Å². The van der Waals surface area contributed by atoms with Crippen LogP contribution in [0.5, 0.6) is 0 Å². The van der Waals surface area contributed by atoms with Crippen LogP contribution in [0.25, 0.3) is 0 Å². The second-order valence-electron chi connectivity index (χ2n) is 4.99. The lowest BCUT2D eigenvalue weighted by molar-refractivity contribution is -0.142. The van der Waals surface area contributed by atoms with Crippen molar-refractivity contribution in [1.29, 1.82) is 0 Å². The van der Waals surface area contributed by atoms with Crippen molar-refractivity contribution in [2.45, 2.75) is 31.7 Å². The minimum Gasteiger partial charge on any atom is -0.481 e. The average Bonchev–Trinajstić information content (AvgIpc) is 2.42. The maximum absolute atomic E-state index is 12.1. The van der Waals surface area contributed by atoms with Crippen LogP contribution in [0.15, 0.2) is 22.7 Å². The first-order chi connectivity index (χ1) is 9.47. The predicted molar refractivity (Wildman–Crippen MR) is 80.0 cm³/mol. The van der Waals surface area contributed by atoms with Crippen LogP contribution in [-0.2, 0) is 4.79 Å². The summed E-state index contributed by atoms with van der Waals surface area (Å²) in [6.45, 7) is 0. The summed E-state index contributed by atoms with van der Waals surface area (Å²) in [4.78, 5) is 23.0. The molecule has 0 radical (unpaired) electrons. The highest BCUT2D eigenvalue weighted by molar-refractivity contribution is 9.10. The van der Waals surface area contributed by atoms with Gasteiger partial charge in [0.1, 0.15) is 0 Å². The number of carbonyl (C=O) groups excluding carboxylic acids is 1. The number of aliphatic carboxylic acids is 1. The number of amides is 1. The molecule has 1 aliphatic carbocycles. The molecule has 6 heteroatoms. The fourth-order valence-electron chi connectivity index (χ4n) is 2.39. The van der Waals surface area contributed by atoms with Crippen molar-refractivity contribution < 1.29 is 14.7 Å². The van der Waals surface area contributed by atoms with Crippen LogP contribution >= 0.6 is 27.5 Å². The van der Waals surface area contributed by atoms with Gasteiger partial charge in [0.25, 0.3) is 5.91 Å². The van der Waals surface area contributed by atoms with Crippen LogP contribution in [0.1, 0.15) is 36.0 Å². The SMILES string of the molecule is O=C(NC1CCC(C(=O)O)CC1)c1ccc(Br)c(Cl)c1. The van der Waals surface area contributed by atoms with Crippen molar-refractivity contribution in [3.63, 3.8) is 0 Å². The number of hydrogen-bond acceptors (Lipinski definition) is 2.